The van der Waals surface area contributed by atoms with Gasteiger partial charge in [0.05, 0.1) is 45.4 Å². The number of imidazole rings is 1. The monoisotopic (exact) mass is 469 g/mol. The number of nitrogens with one attached hydrogen (secondary N) is 1. The van der Waals surface area contributed by atoms with Crippen LogP contribution in [0.25, 0.3) is 21.9 Å². The van der Waals surface area contributed by atoms with Gasteiger partial charge >= 0.3 is 0 Å². The van der Waals surface area contributed by atoms with Gasteiger partial charge in [-0.15, -0.1) is 0 Å². The van der Waals surface area contributed by atoms with E-state index in [2.05, 4.69) is 27.1 Å². The van der Waals surface area contributed by atoms with Crippen LogP contribution in [0, 0.1) is 23.6 Å². The van der Waals surface area contributed by atoms with E-state index < -0.39 is 5.82 Å². The minimum atomic E-state index is -0.396. The van der Waals surface area contributed by atoms with Crippen LogP contribution in [-0.4, -0.2) is 43.2 Å². The minimum Gasteiger partial charge on any atom is -0.383 e. The van der Waals surface area contributed by atoms with Crippen molar-refractivity contribution in [2.75, 3.05) is 18.8 Å². The van der Waals surface area contributed by atoms with Crippen LogP contribution in [0.3, 0.4) is 0 Å². The van der Waals surface area contributed by atoms with Crippen LogP contribution < -0.4 is 11.1 Å². The normalized spacial score (nSPS) is 19.9. The van der Waals surface area contributed by atoms with E-state index in [-0.39, 0.29) is 29.1 Å². The maximum atomic E-state index is 15.0. The molecule has 2 aliphatic carbocycles. The van der Waals surface area contributed by atoms with Crippen LogP contribution in [0.1, 0.15) is 65.8 Å². The number of fused-ring (bicyclic) bond motifs is 2. The molecule has 4 aromatic rings. The zero-order valence-electron chi connectivity index (χ0n) is 19.1. The zero-order valence-corrected chi connectivity index (χ0v) is 19.1. The van der Waals surface area contributed by atoms with E-state index in [0.29, 0.717) is 33.7 Å². The molecular weight excluding hydrogens is 445 g/mol. The van der Waals surface area contributed by atoms with Crippen molar-refractivity contribution in [3.05, 3.63) is 47.3 Å². The summed E-state index contributed by atoms with van der Waals surface area (Å²) in [6.45, 7) is 1.62. The Labute approximate surface area is 200 Å². The molecule has 9 heteroatoms. The van der Waals surface area contributed by atoms with Crippen LogP contribution in [0.4, 0.5) is 10.2 Å². The third-order valence-electron chi connectivity index (χ3n) is 7.27. The number of nitrogen functional groups attached to an aromatic ring is 1. The van der Waals surface area contributed by atoms with Gasteiger partial charge in [-0.2, -0.15) is 5.10 Å². The lowest BCUT2D eigenvalue weighted by Gasteiger charge is -2.13. The van der Waals surface area contributed by atoms with Gasteiger partial charge in [-0.25, -0.2) is 14.4 Å². The molecule has 35 heavy (non-hydrogen) atoms. The maximum Gasteiger partial charge on any atom is 0.169 e. The van der Waals surface area contributed by atoms with Gasteiger partial charge in [0.15, 0.2) is 5.78 Å². The summed E-state index contributed by atoms with van der Waals surface area (Å²) in [5.41, 5.74) is 9.69. The van der Waals surface area contributed by atoms with E-state index in [1.54, 1.807) is 18.6 Å². The van der Waals surface area contributed by atoms with Crippen molar-refractivity contribution in [2.24, 2.45) is 5.92 Å². The summed E-state index contributed by atoms with van der Waals surface area (Å²) >= 11 is 0. The van der Waals surface area contributed by atoms with E-state index >= 15 is 4.39 Å². The summed E-state index contributed by atoms with van der Waals surface area (Å²) in [6.07, 6.45) is 8.22. The highest BCUT2D eigenvalue weighted by molar-refractivity contribution is 6.11. The first kappa shape index (κ1) is 20.6. The van der Waals surface area contributed by atoms with Gasteiger partial charge in [0.2, 0.25) is 0 Å². The zero-order chi connectivity index (χ0) is 23.7. The number of ketones is 1. The van der Waals surface area contributed by atoms with Gasteiger partial charge in [-0.05, 0) is 50.6 Å². The van der Waals surface area contributed by atoms with Gasteiger partial charge in [-0.1, -0.05) is 5.92 Å². The predicted octanol–water partition coefficient (Wildman–Crippen LogP) is 3.36. The number of carbonyl (C=O) groups excluding carboxylic acids is 1. The Hall–Kier alpha value is -3.77. The number of rotatable bonds is 4. The van der Waals surface area contributed by atoms with E-state index in [9.17, 15) is 4.79 Å². The number of Topliss-reactive ketones (excluding diaryl/α,β-unsaturated/α-hetero) is 1. The van der Waals surface area contributed by atoms with Crippen molar-refractivity contribution in [1.82, 2.24) is 29.6 Å². The molecule has 1 aromatic carbocycles. The molecule has 8 nitrogen and oxygen atoms in total. The molecule has 3 fully saturated rings. The van der Waals surface area contributed by atoms with Crippen LogP contribution in [-0.2, 0) is 0 Å². The van der Waals surface area contributed by atoms with E-state index in [0.717, 1.165) is 50.7 Å². The number of hydrogen-bond acceptors (Lipinski definition) is 6. The van der Waals surface area contributed by atoms with E-state index in [4.69, 9.17) is 10.8 Å². The largest absolute Gasteiger partial charge is 0.383 e. The lowest BCUT2D eigenvalue weighted by atomic mass is 10.0. The third kappa shape index (κ3) is 3.40. The SMILES string of the molecule is Nc1ncc(C(=O)C2CC2)c2c1c(C#Cc1cc3ncn(C4CC4)c3cc1F)nn2C1CCNC1. The number of nitrogens with zero attached hydrogens (tertiary/aromatic N) is 5. The second-order valence-electron chi connectivity index (χ2n) is 9.81. The van der Waals surface area contributed by atoms with Crippen molar-refractivity contribution in [1.29, 1.82) is 0 Å². The van der Waals surface area contributed by atoms with E-state index in [1.807, 2.05) is 9.25 Å². The first-order valence-corrected chi connectivity index (χ1v) is 12.2. The summed E-state index contributed by atoms with van der Waals surface area (Å²) in [5.74, 6) is 5.98. The topological polar surface area (TPSA) is 104 Å². The van der Waals surface area contributed by atoms with Crippen LogP contribution in [0.5, 0.6) is 0 Å². The minimum absolute atomic E-state index is 0.0412. The number of benzene rings is 1. The molecule has 0 radical (unpaired) electrons. The number of anilines is 1. The predicted molar refractivity (Wildman–Crippen MR) is 129 cm³/mol. The Bertz CT molecular complexity index is 1580. The summed E-state index contributed by atoms with van der Waals surface area (Å²) < 4.78 is 18.9. The number of halogens is 1. The molecule has 3 aromatic heterocycles. The highest BCUT2D eigenvalue weighted by atomic mass is 19.1. The molecular formula is C26H24FN7O. The Morgan fingerprint density at radius 2 is 1.97 bits per heavy atom. The maximum absolute atomic E-state index is 15.0. The molecule has 3 aliphatic rings. The fourth-order valence-corrected chi connectivity index (χ4v) is 5.05. The number of aromatic nitrogens is 5. The van der Waals surface area contributed by atoms with Crippen LogP contribution in [0.15, 0.2) is 24.7 Å². The molecule has 7 rings (SSSR count). The van der Waals surface area contributed by atoms with Gasteiger partial charge in [0, 0.05) is 30.8 Å². The van der Waals surface area contributed by atoms with Gasteiger partial charge in [0.25, 0.3) is 0 Å². The number of pyridine rings is 1. The fraction of sp³-hybridized carbons (Fsp3) is 0.385. The number of nitrogens with two attached hydrogens (primary N) is 1. The molecule has 1 unspecified atom stereocenters. The average molecular weight is 470 g/mol. The third-order valence-corrected chi connectivity index (χ3v) is 7.27. The van der Waals surface area contributed by atoms with Gasteiger partial charge in [0.1, 0.15) is 17.3 Å². The Morgan fingerprint density at radius 3 is 2.71 bits per heavy atom. The second kappa shape index (κ2) is 7.62. The molecule has 1 saturated heterocycles. The van der Waals surface area contributed by atoms with E-state index in [1.165, 1.54) is 6.07 Å². The van der Waals surface area contributed by atoms with Crippen molar-refractivity contribution in [3.63, 3.8) is 0 Å². The Balaban J connectivity index is 1.37. The summed E-state index contributed by atoms with van der Waals surface area (Å²) in [6, 6.07) is 3.69. The number of carbonyl (C=O) groups is 1. The van der Waals surface area contributed by atoms with Gasteiger partial charge in [-0.3, -0.25) is 9.48 Å². The fourth-order valence-electron chi connectivity index (χ4n) is 5.05. The highest BCUT2D eigenvalue weighted by Gasteiger charge is 2.34. The van der Waals surface area contributed by atoms with Crippen molar-refractivity contribution >= 4 is 33.5 Å². The molecule has 1 aliphatic heterocycles. The molecule has 0 amide bonds. The first-order chi connectivity index (χ1) is 17.1. The van der Waals surface area contributed by atoms with Crippen molar-refractivity contribution in [2.45, 2.75) is 44.2 Å². The first-order valence-electron chi connectivity index (χ1n) is 12.2. The lowest BCUT2D eigenvalue weighted by molar-refractivity contribution is 0.0968. The Kier molecular flexibility index (Phi) is 4.48. The average Bonchev–Trinajstić information content (AvgIpc) is 3.75. The standard InChI is InChI=1S/C26H24FN7O/c27-19-10-22-21(31-13-33(22)16-4-5-16)9-15(19)3-6-20-23-24(34(32-20)17-7-8-29-11-17)18(12-30-26(23)28)25(35)14-1-2-14/h9-10,12-14,16-17,29H,1-2,4-5,7-8,11H2,(H2,28,30). The van der Waals surface area contributed by atoms with Crippen LogP contribution >= 0.6 is 0 Å². The quantitative estimate of drug-likeness (QED) is 0.351. The number of hydrogen-bond donors (Lipinski definition) is 2. The van der Waals surface area contributed by atoms with Crippen molar-refractivity contribution < 1.29 is 9.18 Å². The molecule has 0 bridgehead atoms. The summed E-state index contributed by atoms with van der Waals surface area (Å²) in [5, 5.41) is 8.70. The second-order valence-corrected chi connectivity index (χ2v) is 9.81. The molecule has 4 heterocycles. The lowest BCUT2D eigenvalue weighted by Crippen LogP contribution is -2.16. The van der Waals surface area contributed by atoms with Crippen LogP contribution in [0.2, 0.25) is 0 Å². The van der Waals surface area contributed by atoms with Gasteiger partial charge < -0.3 is 15.6 Å². The molecule has 3 N–H and O–H groups in total. The Morgan fingerprint density at radius 1 is 1.11 bits per heavy atom. The summed E-state index contributed by atoms with van der Waals surface area (Å²) in [4.78, 5) is 21.8. The molecule has 2 saturated carbocycles. The summed E-state index contributed by atoms with van der Waals surface area (Å²) in [7, 11) is 0. The smallest absolute Gasteiger partial charge is 0.169 e. The molecule has 176 valence electrons. The molecule has 0 spiro atoms. The van der Waals surface area contributed by atoms with Crippen molar-refractivity contribution in [3.8, 4) is 11.8 Å². The highest BCUT2D eigenvalue weighted by Crippen LogP contribution is 2.38. The molecule has 1 atom stereocenters.